The Balaban J connectivity index is 1.55. The van der Waals surface area contributed by atoms with E-state index in [4.69, 9.17) is 9.47 Å². The molecule has 3 aromatic rings. The predicted octanol–water partition coefficient (Wildman–Crippen LogP) is 5.32. The maximum absolute atomic E-state index is 13.3. The molecular formula is C24H26N2O3S. The number of amides is 1. The summed E-state index contributed by atoms with van der Waals surface area (Å²) in [4.78, 5) is 20.5. The third-order valence-electron chi connectivity index (χ3n) is 5.47. The van der Waals surface area contributed by atoms with Crippen LogP contribution in [-0.4, -0.2) is 28.9 Å². The molecule has 0 aliphatic heterocycles. The van der Waals surface area contributed by atoms with Gasteiger partial charge >= 0.3 is 0 Å². The molecule has 1 aromatic carbocycles. The summed E-state index contributed by atoms with van der Waals surface area (Å²) in [7, 11) is 1.64. The number of aromatic nitrogens is 1. The van der Waals surface area contributed by atoms with Crippen molar-refractivity contribution in [2.45, 2.75) is 44.9 Å². The lowest BCUT2D eigenvalue weighted by Crippen LogP contribution is -2.38. The molecule has 1 saturated carbocycles. The third-order valence-corrected chi connectivity index (χ3v) is 6.32. The lowest BCUT2D eigenvalue weighted by Gasteiger charge is -2.29. The van der Waals surface area contributed by atoms with Gasteiger partial charge in [0.1, 0.15) is 6.61 Å². The molecule has 0 N–H and O–H groups in total. The van der Waals surface area contributed by atoms with Crippen LogP contribution < -0.4 is 9.47 Å². The first-order valence-corrected chi connectivity index (χ1v) is 11.2. The van der Waals surface area contributed by atoms with Crippen LogP contribution in [0.2, 0.25) is 0 Å². The maximum Gasteiger partial charge on any atom is 0.255 e. The maximum atomic E-state index is 13.3. The van der Waals surface area contributed by atoms with E-state index < -0.39 is 0 Å². The van der Waals surface area contributed by atoms with Crippen LogP contribution in [0.5, 0.6) is 11.5 Å². The summed E-state index contributed by atoms with van der Waals surface area (Å²) >= 11 is 1.66. The first-order valence-electron chi connectivity index (χ1n) is 10.3. The zero-order valence-corrected chi connectivity index (χ0v) is 17.9. The molecule has 30 heavy (non-hydrogen) atoms. The topological polar surface area (TPSA) is 51.7 Å². The van der Waals surface area contributed by atoms with Crippen molar-refractivity contribution >= 4 is 17.2 Å². The van der Waals surface area contributed by atoms with Crippen molar-refractivity contribution in [1.29, 1.82) is 0 Å². The Kier molecular flexibility index (Phi) is 6.64. The summed E-state index contributed by atoms with van der Waals surface area (Å²) in [6.07, 6.45) is 7.76. The molecule has 1 amide bonds. The van der Waals surface area contributed by atoms with Crippen LogP contribution in [0.25, 0.3) is 0 Å². The second-order valence-corrected chi connectivity index (χ2v) is 8.50. The molecule has 0 atom stereocenters. The van der Waals surface area contributed by atoms with E-state index in [1.807, 2.05) is 46.7 Å². The van der Waals surface area contributed by atoms with Gasteiger partial charge in [0.2, 0.25) is 0 Å². The van der Waals surface area contributed by atoms with Crippen molar-refractivity contribution in [3.63, 3.8) is 0 Å². The van der Waals surface area contributed by atoms with Crippen LogP contribution in [0.15, 0.2) is 60.2 Å². The molecule has 156 valence electrons. The Bertz CT molecular complexity index is 954. The summed E-state index contributed by atoms with van der Waals surface area (Å²) in [5.41, 5.74) is 1.66. The number of benzene rings is 1. The average molecular weight is 423 g/mol. The van der Waals surface area contributed by atoms with E-state index in [1.165, 1.54) is 12.8 Å². The van der Waals surface area contributed by atoms with Gasteiger partial charge in [-0.2, -0.15) is 0 Å². The Hall–Kier alpha value is -2.86. The van der Waals surface area contributed by atoms with Gasteiger partial charge in [-0.3, -0.25) is 9.78 Å². The number of methoxy groups -OCH3 is 1. The molecule has 5 nitrogen and oxygen atoms in total. The molecular weight excluding hydrogens is 396 g/mol. The number of hydrogen-bond donors (Lipinski definition) is 0. The van der Waals surface area contributed by atoms with Crippen molar-refractivity contribution < 1.29 is 14.3 Å². The van der Waals surface area contributed by atoms with Crippen LogP contribution in [0.3, 0.4) is 0 Å². The Morgan fingerprint density at radius 1 is 1.17 bits per heavy atom. The molecule has 0 saturated heterocycles. The fraction of sp³-hybridized carbons (Fsp3) is 0.333. The number of rotatable bonds is 8. The highest BCUT2D eigenvalue weighted by Gasteiger charge is 2.28. The molecule has 1 aliphatic carbocycles. The van der Waals surface area contributed by atoms with E-state index >= 15 is 0 Å². The summed E-state index contributed by atoms with van der Waals surface area (Å²) in [6.45, 7) is 1.04. The van der Waals surface area contributed by atoms with Crippen LogP contribution in [0, 0.1) is 0 Å². The van der Waals surface area contributed by atoms with Crippen molar-refractivity contribution in [2.24, 2.45) is 0 Å². The summed E-state index contributed by atoms with van der Waals surface area (Å²) in [5, 5.41) is 2.04. The van der Waals surface area contributed by atoms with Crippen LogP contribution in [-0.2, 0) is 13.2 Å². The van der Waals surface area contributed by atoms with Gasteiger partial charge < -0.3 is 14.4 Å². The van der Waals surface area contributed by atoms with E-state index in [0.717, 1.165) is 23.3 Å². The highest BCUT2D eigenvalue weighted by atomic mass is 32.1. The molecule has 2 aromatic heterocycles. The van der Waals surface area contributed by atoms with Crippen LogP contribution in [0.4, 0.5) is 0 Å². The molecule has 6 heteroatoms. The molecule has 2 heterocycles. The number of carbonyl (C=O) groups is 1. The largest absolute Gasteiger partial charge is 0.493 e. The number of nitrogens with zero attached hydrogens (tertiary/aromatic N) is 2. The minimum absolute atomic E-state index is 0.0341. The van der Waals surface area contributed by atoms with Crippen LogP contribution >= 0.6 is 11.3 Å². The van der Waals surface area contributed by atoms with Gasteiger partial charge in [-0.15, -0.1) is 11.3 Å². The smallest absolute Gasteiger partial charge is 0.255 e. The molecule has 4 rings (SSSR count). The number of ether oxygens (including phenoxy) is 2. The van der Waals surface area contributed by atoms with E-state index in [9.17, 15) is 4.79 Å². The van der Waals surface area contributed by atoms with Gasteiger partial charge in [0, 0.05) is 29.9 Å². The predicted molar refractivity (Wildman–Crippen MR) is 118 cm³/mol. The minimum atomic E-state index is 0.0341. The zero-order valence-electron chi connectivity index (χ0n) is 17.1. The third kappa shape index (κ3) is 4.82. The highest BCUT2D eigenvalue weighted by molar-refractivity contribution is 7.09. The normalized spacial score (nSPS) is 13.9. The van der Waals surface area contributed by atoms with Gasteiger partial charge in [0.25, 0.3) is 5.91 Å². The van der Waals surface area contributed by atoms with E-state index in [0.29, 0.717) is 30.2 Å². The van der Waals surface area contributed by atoms with Gasteiger partial charge in [-0.05, 0) is 54.1 Å². The van der Waals surface area contributed by atoms with E-state index in [-0.39, 0.29) is 11.9 Å². The van der Waals surface area contributed by atoms with E-state index in [2.05, 4.69) is 11.1 Å². The molecule has 1 aliphatic rings. The van der Waals surface area contributed by atoms with Crippen molar-refractivity contribution in [3.05, 3.63) is 76.2 Å². The minimum Gasteiger partial charge on any atom is -0.493 e. The molecule has 1 fully saturated rings. The van der Waals surface area contributed by atoms with Gasteiger partial charge in [-0.1, -0.05) is 25.0 Å². The van der Waals surface area contributed by atoms with Crippen molar-refractivity contribution in [1.82, 2.24) is 9.88 Å². The van der Waals surface area contributed by atoms with E-state index in [1.54, 1.807) is 30.8 Å². The monoisotopic (exact) mass is 422 g/mol. The lowest BCUT2D eigenvalue weighted by molar-refractivity contribution is 0.0664. The quantitative estimate of drug-likeness (QED) is 0.493. The van der Waals surface area contributed by atoms with Crippen LogP contribution in [0.1, 0.15) is 46.5 Å². The SMILES string of the molecule is COc1ccc(CN(C(=O)c2cccnc2)C2CCCC2)cc1OCc1cccs1. The zero-order chi connectivity index (χ0) is 20.8. The molecule has 0 bridgehead atoms. The Morgan fingerprint density at radius 3 is 2.73 bits per heavy atom. The molecule has 0 radical (unpaired) electrons. The standard InChI is InChI=1S/C24H26N2O3S/c1-28-22-11-10-18(14-23(22)29-17-21-9-5-13-30-21)16-26(20-7-2-3-8-20)24(27)19-6-4-12-25-15-19/h4-6,9-15,20H,2-3,7-8,16-17H2,1H3. The first-order chi connectivity index (χ1) is 14.7. The average Bonchev–Trinajstić information content (AvgIpc) is 3.51. The fourth-order valence-electron chi connectivity index (χ4n) is 3.91. The lowest BCUT2D eigenvalue weighted by atomic mass is 10.1. The second kappa shape index (κ2) is 9.76. The molecule has 0 spiro atoms. The fourth-order valence-corrected chi connectivity index (χ4v) is 4.53. The van der Waals surface area contributed by atoms with Crippen molar-refractivity contribution in [3.8, 4) is 11.5 Å². The van der Waals surface area contributed by atoms with Gasteiger partial charge in [-0.25, -0.2) is 0 Å². The molecule has 0 unspecified atom stereocenters. The highest BCUT2D eigenvalue weighted by Crippen LogP contribution is 2.32. The number of thiophene rings is 1. The first kappa shape index (κ1) is 20.4. The number of carbonyl (C=O) groups excluding carboxylic acids is 1. The summed E-state index contributed by atoms with van der Waals surface area (Å²) in [6, 6.07) is 13.9. The van der Waals surface area contributed by atoms with Gasteiger partial charge in [0.05, 0.1) is 12.7 Å². The second-order valence-electron chi connectivity index (χ2n) is 7.47. The number of hydrogen-bond acceptors (Lipinski definition) is 5. The summed E-state index contributed by atoms with van der Waals surface area (Å²) < 4.78 is 11.5. The number of pyridine rings is 1. The summed E-state index contributed by atoms with van der Waals surface area (Å²) in [5.74, 6) is 1.43. The Labute approximate surface area is 181 Å². The van der Waals surface area contributed by atoms with Gasteiger partial charge in [0.15, 0.2) is 11.5 Å². The van der Waals surface area contributed by atoms with Crippen molar-refractivity contribution in [2.75, 3.05) is 7.11 Å². The Morgan fingerprint density at radius 2 is 2.03 bits per heavy atom.